The highest BCUT2D eigenvalue weighted by atomic mass is 32.1. The molecular weight excluding hydrogens is 247 g/mol. The molecule has 0 unspecified atom stereocenters. The number of aryl methyl sites for hydroxylation is 2. The fourth-order valence-corrected chi connectivity index (χ4v) is 2.59. The Morgan fingerprint density at radius 2 is 2.17 bits per heavy atom. The topological polar surface area (TPSA) is 17.1 Å². The lowest BCUT2D eigenvalue weighted by molar-refractivity contribution is 0.0980. The Hall–Kier alpha value is -1.48. The maximum Gasteiger partial charge on any atom is 0.162 e. The lowest BCUT2D eigenvalue weighted by Gasteiger charge is -2.03. The summed E-state index contributed by atoms with van der Waals surface area (Å²) in [6, 6.07) is 8.66. The average Bonchev–Trinajstić information content (AvgIpc) is 2.85. The highest BCUT2D eigenvalue weighted by Gasteiger charge is 2.08. The van der Waals surface area contributed by atoms with E-state index in [1.165, 1.54) is 10.9 Å². The van der Waals surface area contributed by atoms with Crippen molar-refractivity contribution < 1.29 is 9.18 Å². The number of hydrogen-bond acceptors (Lipinski definition) is 2. The average molecular weight is 262 g/mol. The van der Waals surface area contributed by atoms with E-state index in [0.29, 0.717) is 17.5 Å². The van der Waals surface area contributed by atoms with Crippen molar-refractivity contribution in [2.45, 2.75) is 26.2 Å². The van der Waals surface area contributed by atoms with Gasteiger partial charge in [-0.1, -0.05) is 6.07 Å². The second-order valence-electron chi connectivity index (χ2n) is 4.32. The minimum absolute atomic E-state index is 0.0923. The number of halogens is 1. The van der Waals surface area contributed by atoms with E-state index in [1.54, 1.807) is 30.4 Å². The standard InChI is InChI=1S/C15H15FOS/c1-11-10-12(7-8-14(11)16)15(17)6-2-4-13-5-3-9-18-13/h3,5,7-10H,2,4,6H2,1H3. The van der Waals surface area contributed by atoms with Crippen LogP contribution in [0.1, 0.15) is 33.6 Å². The molecule has 0 saturated carbocycles. The van der Waals surface area contributed by atoms with Gasteiger partial charge >= 0.3 is 0 Å². The van der Waals surface area contributed by atoms with E-state index < -0.39 is 0 Å². The van der Waals surface area contributed by atoms with Gasteiger partial charge in [-0.3, -0.25) is 4.79 Å². The Morgan fingerprint density at radius 1 is 1.33 bits per heavy atom. The molecule has 0 atom stereocenters. The molecule has 3 heteroatoms. The lowest BCUT2D eigenvalue weighted by atomic mass is 10.0. The fraction of sp³-hybridized carbons (Fsp3) is 0.267. The molecule has 2 aromatic rings. The van der Waals surface area contributed by atoms with Crippen LogP contribution in [-0.4, -0.2) is 5.78 Å². The molecule has 0 saturated heterocycles. The van der Waals surface area contributed by atoms with E-state index >= 15 is 0 Å². The van der Waals surface area contributed by atoms with Crippen LogP contribution in [-0.2, 0) is 6.42 Å². The van der Waals surface area contributed by atoms with E-state index in [9.17, 15) is 9.18 Å². The van der Waals surface area contributed by atoms with E-state index in [-0.39, 0.29) is 11.6 Å². The summed E-state index contributed by atoms with van der Waals surface area (Å²) in [5.74, 6) is -0.167. The van der Waals surface area contributed by atoms with Crippen molar-refractivity contribution in [1.29, 1.82) is 0 Å². The van der Waals surface area contributed by atoms with Crippen molar-refractivity contribution in [2.24, 2.45) is 0 Å². The van der Waals surface area contributed by atoms with Crippen LogP contribution in [0.3, 0.4) is 0 Å². The monoisotopic (exact) mass is 262 g/mol. The zero-order chi connectivity index (χ0) is 13.0. The Labute approximate surface area is 110 Å². The van der Waals surface area contributed by atoms with Crippen LogP contribution >= 0.6 is 11.3 Å². The molecule has 1 aromatic heterocycles. The predicted molar refractivity (Wildman–Crippen MR) is 72.7 cm³/mol. The molecule has 0 fully saturated rings. The van der Waals surface area contributed by atoms with Crippen LogP contribution in [0.4, 0.5) is 4.39 Å². The third-order valence-corrected chi connectivity index (χ3v) is 3.82. The first-order valence-electron chi connectivity index (χ1n) is 5.98. The fourth-order valence-electron chi connectivity index (χ4n) is 1.84. The van der Waals surface area contributed by atoms with Gasteiger partial charge < -0.3 is 0 Å². The van der Waals surface area contributed by atoms with Gasteiger partial charge in [-0.2, -0.15) is 0 Å². The molecule has 0 bridgehead atoms. The summed E-state index contributed by atoms with van der Waals surface area (Å²) >= 11 is 1.71. The smallest absolute Gasteiger partial charge is 0.162 e. The van der Waals surface area contributed by atoms with Crippen molar-refractivity contribution >= 4 is 17.1 Å². The van der Waals surface area contributed by atoms with Crippen LogP contribution in [0.15, 0.2) is 35.7 Å². The van der Waals surface area contributed by atoms with Crippen LogP contribution < -0.4 is 0 Å². The zero-order valence-corrected chi connectivity index (χ0v) is 11.1. The second kappa shape index (κ2) is 5.91. The van der Waals surface area contributed by atoms with Crippen LogP contribution in [0, 0.1) is 12.7 Å². The normalized spacial score (nSPS) is 10.6. The lowest BCUT2D eigenvalue weighted by Crippen LogP contribution is -2.00. The second-order valence-corrected chi connectivity index (χ2v) is 5.35. The van der Waals surface area contributed by atoms with E-state index in [2.05, 4.69) is 6.07 Å². The molecule has 1 nitrogen and oxygen atoms in total. The number of thiophene rings is 1. The molecule has 0 N–H and O–H groups in total. The predicted octanol–water partition coefficient (Wildman–Crippen LogP) is 4.40. The van der Waals surface area contributed by atoms with Gasteiger partial charge in [0.25, 0.3) is 0 Å². The third-order valence-electron chi connectivity index (χ3n) is 2.89. The molecular formula is C15H15FOS. The van der Waals surface area contributed by atoms with Crippen molar-refractivity contribution in [1.82, 2.24) is 0 Å². The van der Waals surface area contributed by atoms with Gasteiger partial charge in [-0.05, 0) is 55.0 Å². The maximum absolute atomic E-state index is 13.1. The summed E-state index contributed by atoms with van der Waals surface area (Å²) < 4.78 is 13.1. The highest BCUT2D eigenvalue weighted by molar-refractivity contribution is 7.09. The van der Waals surface area contributed by atoms with Gasteiger partial charge in [-0.25, -0.2) is 4.39 Å². The number of carbonyl (C=O) groups excluding carboxylic acids is 1. The van der Waals surface area contributed by atoms with Crippen molar-refractivity contribution in [3.63, 3.8) is 0 Å². The first kappa shape index (κ1) is 13.0. The first-order valence-corrected chi connectivity index (χ1v) is 6.86. The molecule has 18 heavy (non-hydrogen) atoms. The molecule has 1 aromatic carbocycles. The van der Waals surface area contributed by atoms with Crippen molar-refractivity contribution in [3.05, 3.63) is 57.5 Å². The Kier molecular flexibility index (Phi) is 4.26. The molecule has 1 heterocycles. The molecule has 0 amide bonds. The summed E-state index contributed by atoms with van der Waals surface area (Å²) in [6.45, 7) is 1.68. The SMILES string of the molecule is Cc1cc(C(=O)CCCc2cccs2)ccc1F. The highest BCUT2D eigenvalue weighted by Crippen LogP contribution is 2.15. The molecule has 0 radical (unpaired) electrons. The first-order chi connectivity index (χ1) is 8.66. The van der Waals surface area contributed by atoms with Crippen LogP contribution in [0.25, 0.3) is 0 Å². The molecule has 94 valence electrons. The Morgan fingerprint density at radius 3 is 2.83 bits per heavy atom. The minimum atomic E-state index is -0.259. The number of hydrogen-bond donors (Lipinski definition) is 0. The largest absolute Gasteiger partial charge is 0.294 e. The Bertz CT molecular complexity index is 531. The molecule has 0 spiro atoms. The Balaban J connectivity index is 1.89. The number of carbonyl (C=O) groups is 1. The summed E-state index contributed by atoms with van der Waals surface area (Å²) in [6.07, 6.45) is 2.29. The van der Waals surface area contributed by atoms with Gasteiger partial charge in [-0.15, -0.1) is 11.3 Å². The quantitative estimate of drug-likeness (QED) is 0.730. The van der Waals surface area contributed by atoms with Crippen LogP contribution in [0.2, 0.25) is 0 Å². The molecule has 0 aliphatic rings. The summed E-state index contributed by atoms with van der Waals surface area (Å²) in [7, 11) is 0. The third kappa shape index (κ3) is 3.26. The molecule has 0 aliphatic heterocycles. The number of ketones is 1. The van der Waals surface area contributed by atoms with E-state index in [1.807, 2.05) is 11.4 Å². The summed E-state index contributed by atoms with van der Waals surface area (Å²) in [4.78, 5) is 13.2. The van der Waals surface area contributed by atoms with E-state index in [0.717, 1.165) is 12.8 Å². The van der Waals surface area contributed by atoms with Gasteiger partial charge in [0.2, 0.25) is 0 Å². The minimum Gasteiger partial charge on any atom is -0.294 e. The van der Waals surface area contributed by atoms with Gasteiger partial charge in [0.05, 0.1) is 0 Å². The van der Waals surface area contributed by atoms with Crippen molar-refractivity contribution in [3.8, 4) is 0 Å². The van der Waals surface area contributed by atoms with Gasteiger partial charge in [0.1, 0.15) is 5.82 Å². The summed E-state index contributed by atoms with van der Waals surface area (Å²) in [5.41, 5.74) is 1.14. The molecule has 2 rings (SSSR count). The summed E-state index contributed by atoms with van der Waals surface area (Å²) in [5, 5.41) is 2.04. The maximum atomic E-state index is 13.1. The van der Waals surface area contributed by atoms with Crippen LogP contribution in [0.5, 0.6) is 0 Å². The van der Waals surface area contributed by atoms with Gasteiger partial charge in [0.15, 0.2) is 5.78 Å². The van der Waals surface area contributed by atoms with Gasteiger partial charge in [0, 0.05) is 16.9 Å². The number of benzene rings is 1. The van der Waals surface area contributed by atoms with E-state index in [4.69, 9.17) is 0 Å². The number of rotatable bonds is 5. The number of Topliss-reactive ketones (excluding diaryl/α,β-unsaturated/α-hetero) is 1. The zero-order valence-electron chi connectivity index (χ0n) is 10.3. The molecule has 0 aliphatic carbocycles. The van der Waals surface area contributed by atoms with Crippen molar-refractivity contribution in [2.75, 3.05) is 0 Å².